The smallest absolute Gasteiger partial charge is 0.282 e. The van der Waals surface area contributed by atoms with E-state index in [2.05, 4.69) is 24.1 Å². The summed E-state index contributed by atoms with van der Waals surface area (Å²) < 4.78 is 5.25. The molecule has 1 N–H and O–H groups in total. The summed E-state index contributed by atoms with van der Waals surface area (Å²) in [6.07, 6.45) is 0. The van der Waals surface area contributed by atoms with Crippen LogP contribution in [-0.4, -0.2) is 32.0 Å². The monoisotopic (exact) mass is 455 g/mol. The van der Waals surface area contributed by atoms with E-state index < -0.39 is 0 Å². The minimum absolute atomic E-state index is 0.256. The fraction of sp³-hybridized carbons (Fsp3) is 0.214. The average molecular weight is 456 g/mol. The second-order valence-corrected chi connectivity index (χ2v) is 8.10. The van der Waals surface area contributed by atoms with Gasteiger partial charge in [-0.25, -0.2) is 4.90 Å². The number of ether oxygens (including phenoxy) is 1. The molecule has 0 aromatic heterocycles. The lowest BCUT2D eigenvalue weighted by molar-refractivity contribution is -0.120. The van der Waals surface area contributed by atoms with Crippen LogP contribution in [0.2, 0.25) is 0 Å². The summed E-state index contributed by atoms with van der Waals surface area (Å²) in [5.41, 5.74) is 4.68. The maximum Gasteiger partial charge on any atom is 0.282 e. The molecule has 1 aliphatic heterocycles. The number of hydrogen-bond acceptors (Lipinski definition) is 5. The van der Waals surface area contributed by atoms with Crippen molar-refractivity contribution in [1.29, 1.82) is 0 Å². The van der Waals surface area contributed by atoms with Gasteiger partial charge in [-0.15, -0.1) is 0 Å². The molecule has 0 spiro atoms. The number of hydrogen-bond donors (Lipinski definition) is 1. The highest BCUT2D eigenvalue weighted by atomic mass is 16.5. The summed E-state index contributed by atoms with van der Waals surface area (Å²) in [5.74, 6) is -0.0632. The highest BCUT2D eigenvalue weighted by Crippen LogP contribution is 2.34. The van der Waals surface area contributed by atoms with Crippen LogP contribution in [0.5, 0.6) is 5.75 Å². The Bertz CT molecular complexity index is 1210. The topological polar surface area (TPSA) is 61.9 Å². The standard InChI is InChI=1S/C28H29N3O3/c1-5-30(6-2)22-15-11-21(12-16-22)29-26-25(20-9-17-24(34-4)18-10-20)27(32)31(28(26)33)23-13-7-19(3)8-14-23/h7-18,29H,5-6H2,1-4H3. The van der Waals surface area contributed by atoms with E-state index in [0.29, 0.717) is 22.6 Å². The third kappa shape index (κ3) is 4.39. The summed E-state index contributed by atoms with van der Waals surface area (Å²) in [7, 11) is 1.59. The lowest BCUT2D eigenvalue weighted by atomic mass is 10.0. The summed E-state index contributed by atoms with van der Waals surface area (Å²) >= 11 is 0. The van der Waals surface area contributed by atoms with Crippen LogP contribution in [0.1, 0.15) is 25.0 Å². The first-order valence-electron chi connectivity index (χ1n) is 11.4. The molecule has 6 nitrogen and oxygen atoms in total. The van der Waals surface area contributed by atoms with Crippen LogP contribution in [0.3, 0.4) is 0 Å². The van der Waals surface area contributed by atoms with Crippen LogP contribution in [0.15, 0.2) is 78.5 Å². The van der Waals surface area contributed by atoms with Crippen molar-refractivity contribution in [3.8, 4) is 5.75 Å². The van der Waals surface area contributed by atoms with Crippen molar-refractivity contribution in [2.45, 2.75) is 20.8 Å². The lowest BCUT2D eigenvalue weighted by Gasteiger charge is -2.21. The van der Waals surface area contributed by atoms with E-state index in [0.717, 1.165) is 30.0 Å². The van der Waals surface area contributed by atoms with Gasteiger partial charge in [0.05, 0.1) is 18.4 Å². The van der Waals surface area contributed by atoms with Crippen LogP contribution in [0.4, 0.5) is 17.1 Å². The number of nitrogens with zero attached hydrogens (tertiary/aromatic N) is 2. The maximum atomic E-state index is 13.5. The predicted octanol–water partition coefficient (Wildman–Crippen LogP) is 5.25. The van der Waals surface area contributed by atoms with E-state index in [9.17, 15) is 9.59 Å². The molecule has 0 bridgehead atoms. The number of rotatable bonds is 8. The Labute approximate surface area is 200 Å². The Kier molecular flexibility index (Phi) is 6.68. The molecule has 1 aliphatic rings. The van der Waals surface area contributed by atoms with Crippen LogP contribution >= 0.6 is 0 Å². The lowest BCUT2D eigenvalue weighted by Crippen LogP contribution is -2.32. The van der Waals surface area contributed by atoms with Gasteiger partial charge in [0.2, 0.25) is 0 Å². The highest BCUT2D eigenvalue weighted by molar-refractivity contribution is 6.46. The zero-order valence-electron chi connectivity index (χ0n) is 20.0. The quantitative estimate of drug-likeness (QED) is 0.470. The molecule has 0 aliphatic carbocycles. The second kappa shape index (κ2) is 9.83. The summed E-state index contributed by atoms with van der Waals surface area (Å²) in [5, 5.41) is 3.23. The molecule has 0 saturated heterocycles. The Morgan fingerprint density at radius 2 is 1.44 bits per heavy atom. The number of methoxy groups -OCH3 is 1. The maximum absolute atomic E-state index is 13.5. The molecule has 4 rings (SSSR count). The fourth-order valence-electron chi connectivity index (χ4n) is 4.09. The van der Waals surface area contributed by atoms with Gasteiger partial charge in [0.25, 0.3) is 11.8 Å². The Morgan fingerprint density at radius 3 is 2.00 bits per heavy atom. The number of carbonyl (C=O) groups is 2. The van der Waals surface area contributed by atoms with Crippen LogP contribution in [0.25, 0.3) is 5.57 Å². The van der Waals surface area contributed by atoms with Gasteiger partial charge in [0.15, 0.2) is 0 Å². The Balaban J connectivity index is 1.74. The first-order chi connectivity index (χ1) is 16.5. The molecule has 3 aromatic carbocycles. The highest BCUT2D eigenvalue weighted by Gasteiger charge is 2.40. The van der Waals surface area contributed by atoms with E-state index >= 15 is 0 Å². The molecule has 0 radical (unpaired) electrons. The minimum atomic E-state index is -0.382. The number of aryl methyl sites for hydroxylation is 1. The SMILES string of the molecule is CCN(CC)c1ccc(NC2=C(c3ccc(OC)cc3)C(=O)N(c3ccc(C)cc3)C2=O)cc1. The third-order valence-corrected chi connectivity index (χ3v) is 6.02. The molecule has 2 amide bonds. The molecule has 3 aromatic rings. The first-order valence-corrected chi connectivity index (χ1v) is 11.4. The van der Waals surface area contributed by atoms with Crippen molar-refractivity contribution >= 4 is 34.4 Å². The zero-order valence-corrected chi connectivity index (χ0v) is 20.0. The molecular formula is C28H29N3O3. The van der Waals surface area contributed by atoms with E-state index in [1.165, 1.54) is 4.90 Å². The van der Waals surface area contributed by atoms with Gasteiger partial charge in [0, 0.05) is 24.5 Å². The van der Waals surface area contributed by atoms with Gasteiger partial charge in [-0.3, -0.25) is 9.59 Å². The number of benzene rings is 3. The molecule has 34 heavy (non-hydrogen) atoms. The van der Waals surface area contributed by atoms with Crippen molar-refractivity contribution in [3.05, 3.63) is 89.6 Å². The van der Waals surface area contributed by atoms with Gasteiger partial charge >= 0.3 is 0 Å². The Morgan fingerprint density at radius 1 is 0.824 bits per heavy atom. The van der Waals surface area contributed by atoms with Crippen molar-refractivity contribution in [3.63, 3.8) is 0 Å². The number of carbonyl (C=O) groups excluding carboxylic acids is 2. The fourth-order valence-corrected chi connectivity index (χ4v) is 4.09. The largest absolute Gasteiger partial charge is 0.497 e. The normalized spacial score (nSPS) is 13.5. The number of imide groups is 1. The molecule has 0 unspecified atom stereocenters. The van der Waals surface area contributed by atoms with E-state index in [-0.39, 0.29) is 17.5 Å². The van der Waals surface area contributed by atoms with Gasteiger partial charge in [-0.1, -0.05) is 29.8 Å². The van der Waals surface area contributed by atoms with Gasteiger partial charge < -0.3 is 15.0 Å². The summed E-state index contributed by atoms with van der Waals surface area (Å²) in [6.45, 7) is 8.02. The molecule has 1 heterocycles. The molecule has 0 atom stereocenters. The second-order valence-electron chi connectivity index (χ2n) is 8.10. The molecule has 174 valence electrons. The molecule has 0 saturated carbocycles. The first kappa shape index (κ1) is 23.1. The van der Waals surface area contributed by atoms with Gasteiger partial charge in [0.1, 0.15) is 11.4 Å². The minimum Gasteiger partial charge on any atom is -0.497 e. The summed E-state index contributed by atoms with van der Waals surface area (Å²) in [6, 6.07) is 22.4. The van der Waals surface area contributed by atoms with Crippen LogP contribution in [-0.2, 0) is 9.59 Å². The zero-order chi connectivity index (χ0) is 24.2. The predicted molar refractivity (Wildman–Crippen MR) is 137 cm³/mol. The van der Waals surface area contributed by atoms with Crippen molar-refractivity contribution in [2.75, 3.05) is 35.3 Å². The van der Waals surface area contributed by atoms with E-state index in [4.69, 9.17) is 4.74 Å². The average Bonchev–Trinajstić information content (AvgIpc) is 3.10. The summed E-state index contributed by atoms with van der Waals surface area (Å²) in [4.78, 5) is 30.6. The van der Waals surface area contributed by atoms with Crippen molar-refractivity contribution < 1.29 is 14.3 Å². The Hall–Kier alpha value is -4.06. The van der Waals surface area contributed by atoms with Gasteiger partial charge in [-0.05, 0) is 74.9 Å². The number of amides is 2. The van der Waals surface area contributed by atoms with E-state index in [1.807, 2.05) is 43.3 Å². The molecule has 0 fully saturated rings. The van der Waals surface area contributed by atoms with Gasteiger partial charge in [-0.2, -0.15) is 0 Å². The molecular weight excluding hydrogens is 426 g/mol. The molecule has 6 heteroatoms. The van der Waals surface area contributed by atoms with Crippen molar-refractivity contribution in [2.24, 2.45) is 0 Å². The van der Waals surface area contributed by atoms with Crippen LogP contribution in [0, 0.1) is 6.92 Å². The third-order valence-electron chi connectivity index (χ3n) is 6.02. The van der Waals surface area contributed by atoms with Crippen molar-refractivity contribution in [1.82, 2.24) is 0 Å². The number of nitrogens with one attached hydrogen (secondary N) is 1. The van der Waals surface area contributed by atoms with Crippen LogP contribution < -0.4 is 19.9 Å². The number of anilines is 3. The van der Waals surface area contributed by atoms with E-state index in [1.54, 1.807) is 43.5 Å².